The van der Waals surface area contributed by atoms with E-state index < -0.39 is 0 Å². The van der Waals surface area contributed by atoms with Gasteiger partial charge in [-0.15, -0.1) is 22.7 Å². The van der Waals surface area contributed by atoms with Crippen LogP contribution in [-0.2, 0) is 0 Å². The van der Waals surface area contributed by atoms with E-state index in [2.05, 4.69) is 0 Å². The van der Waals surface area contributed by atoms with Crippen LogP contribution in [0.2, 0.25) is 0 Å². The van der Waals surface area contributed by atoms with Crippen molar-refractivity contribution in [2.24, 2.45) is 0 Å². The predicted octanol–water partition coefficient (Wildman–Crippen LogP) is 3.07. The van der Waals surface area contributed by atoms with E-state index in [1.54, 1.807) is 0 Å². The van der Waals surface area contributed by atoms with Crippen molar-refractivity contribution in [3.63, 3.8) is 0 Å². The van der Waals surface area contributed by atoms with E-state index in [0.717, 1.165) is 20.9 Å². The molecular formula is C12H6O2S2. The summed E-state index contributed by atoms with van der Waals surface area (Å²) in [6.07, 6.45) is 0. The van der Waals surface area contributed by atoms with Crippen molar-refractivity contribution in [3.8, 4) is 0 Å². The van der Waals surface area contributed by atoms with Gasteiger partial charge < -0.3 is 0 Å². The Kier molecular flexibility index (Phi) is 1.49. The maximum Gasteiger partial charge on any atom is 0.181 e. The quantitative estimate of drug-likeness (QED) is 0.716. The van der Waals surface area contributed by atoms with E-state index >= 15 is 0 Å². The molecule has 2 nitrogen and oxygen atoms in total. The zero-order valence-electron chi connectivity index (χ0n) is 8.10. The Labute approximate surface area is 99.5 Å². The number of fused-ring (bicyclic) bond motifs is 5. The van der Waals surface area contributed by atoms with Gasteiger partial charge in [0.2, 0.25) is 0 Å². The number of carbonyl (C=O) groups is 2. The summed E-state index contributed by atoms with van der Waals surface area (Å²) in [7, 11) is 0. The molecule has 0 saturated heterocycles. The minimum Gasteiger partial charge on any atom is -0.293 e. The molecule has 2 atom stereocenters. The molecule has 0 radical (unpaired) electrons. The number of Topliss-reactive ketones (excluding diaryl/α,β-unsaturated/α-hetero) is 2. The van der Waals surface area contributed by atoms with E-state index in [0.29, 0.717) is 0 Å². The third kappa shape index (κ3) is 0.804. The molecule has 2 aliphatic carbocycles. The van der Waals surface area contributed by atoms with E-state index in [1.165, 1.54) is 22.7 Å². The zero-order chi connectivity index (χ0) is 10.9. The molecule has 16 heavy (non-hydrogen) atoms. The van der Waals surface area contributed by atoms with Gasteiger partial charge in [0.25, 0.3) is 0 Å². The monoisotopic (exact) mass is 246 g/mol. The van der Waals surface area contributed by atoms with Gasteiger partial charge in [-0.05, 0) is 34.0 Å². The van der Waals surface area contributed by atoms with Crippen LogP contribution in [0.5, 0.6) is 0 Å². The summed E-state index contributed by atoms with van der Waals surface area (Å²) in [6.45, 7) is 0. The van der Waals surface area contributed by atoms with Crippen molar-refractivity contribution in [3.05, 3.63) is 43.8 Å². The molecular weight excluding hydrogens is 240 g/mol. The van der Waals surface area contributed by atoms with Gasteiger partial charge in [-0.25, -0.2) is 0 Å². The topological polar surface area (TPSA) is 34.1 Å². The van der Waals surface area contributed by atoms with Crippen LogP contribution in [0.15, 0.2) is 22.9 Å². The molecule has 4 rings (SSSR count). The highest BCUT2D eigenvalue weighted by Gasteiger charge is 2.52. The van der Waals surface area contributed by atoms with Crippen LogP contribution in [0.25, 0.3) is 0 Å². The maximum atomic E-state index is 12.2. The highest BCUT2D eigenvalue weighted by atomic mass is 32.1. The number of carbonyl (C=O) groups excluding carboxylic acids is 2. The molecule has 2 unspecified atom stereocenters. The third-order valence-electron chi connectivity index (χ3n) is 3.41. The Bertz CT molecular complexity index is 579. The van der Waals surface area contributed by atoms with Crippen molar-refractivity contribution in [2.45, 2.75) is 11.8 Å². The van der Waals surface area contributed by atoms with Crippen molar-refractivity contribution in [1.29, 1.82) is 0 Å². The second-order valence-corrected chi connectivity index (χ2v) is 5.93. The lowest BCUT2D eigenvalue weighted by atomic mass is 9.93. The molecule has 2 aromatic heterocycles. The Morgan fingerprint density at radius 2 is 1.25 bits per heavy atom. The number of hydrogen-bond acceptors (Lipinski definition) is 4. The Morgan fingerprint density at radius 3 is 1.69 bits per heavy atom. The van der Waals surface area contributed by atoms with Gasteiger partial charge in [0.15, 0.2) is 11.6 Å². The van der Waals surface area contributed by atoms with E-state index in [9.17, 15) is 9.59 Å². The zero-order valence-corrected chi connectivity index (χ0v) is 9.73. The molecule has 0 fully saturated rings. The molecule has 2 aliphatic rings. The fourth-order valence-corrected chi connectivity index (χ4v) is 4.61. The Morgan fingerprint density at radius 1 is 0.812 bits per heavy atom. The molecule has 0 aliphatic heterocycles. The second-order valence-electron chi connectivity index (χ2n) is 4.09. The average molecular weight is 246 g/mol. The first-order chi connectivity index (χ1) is 7.79. The summed E-state index contributed by atoms with van der Waals surface area (Å²) >= 11 is 2.92. The molecule has 0 spiro atoms. The molecule has 78 valence electrons. The fourth-order valence-electron chi connectivity index (χ4n) is 2.76. The number of hydrogen-bond donors (Lipinski definition) is 0. The van der Waals surface area contributed by atoms with Gasteiger partial charge in [-0.2, -0.15) is 0 Å². The highest BCUT2D eigenvalue weighted by molar-refractivity contribution is 7.13. The lowest BCUT2D eigenvalue weighted by Crippen LogP contribution is -2.09. The largest absolute Gasteiger partial charge is 0.293 e. The van der Waals surface area contributed by atoms with E-state index in [1.807, 2.05) is 22.9 Å². The minimum absolute atomic E-state index is 0.139. The minimum atomic E-state index is -0.212. The Balaban J connectivity index is 2.02. The summed E-state index contributed by atoms with van der Waals surface area (Å²) in [5, 5.41) is 3.80. The van der Waals surface area contributed by atoms with Crippen LogP contribution in [-0.4, -0.2) is 11.6 Å². The van der Waals surface area contributed by atoms with Crippen LogP contribution in [0, 0.1) is 0 Å². The summed E-state index contributed by atoms with van der Waals surface area (Å²) in [4.78, 5) is 26.0. The van der Waals surface area contributed by atoms with Crippen LogP contribution >= 0.6 is 22.7 Å². The third-order valence-corrected chi connectivity index (χ3v) is 5.30. The molecule has 4 heteroatoms. The average Bonchev–Trinajstić information content (AvgIpc) is 2.93. The normalized spacial score (nSPS) is 25.8. The summed E-state index contributed by atoms with van der Waals surface area (Å²) in [5.41, 5.74) is 1.90. The highest BCUT2D eigenvalue weighted by Crippen LogP contribution is 2.54. The smallest absolute Gasteiger partial charge is 0.181 e. The lowest BCUT2D eigenvalue weighted by Gasteiger charge is -2.06. The summed E-state index contributed by atoms with van der Waals surface area (Å²) < 4.78 is 0. The number of ketones is 2. The van der Waals surface area contributed by atoms with Gasteiger partial charge in [0.1, 0.15) is 0 Å². The van der Waals surface area contributed by atoms with Gasteiger partial charge in [0, 0.05) is 0 Å². The SMILES string of the molecule is O=C1c2sccc2C2C(=O)c3sccc3C12. The molecule has 2 aromatic rings. The second kappa shape index (κ2) is 2.70. The van der Waals surface area contributed by atoms with Crippen LogP contribution in [0.4, 0.5) is 0 Å². The van der Waals surface area contributed by atoms with Crippen LogP contribution in [0.3, 0.4) is 0 Å². The van der Waals surface area contributed by atoms with Crippen molar-refractivity contribution >= 4 is 34.2 Å². The van der Waals surface area contributed by atoms with Crippen LogP contribution in [0.1, 0.15) is 42.3 Å². The Hall–Kier alpha value is -1.26. The van der Waals surface area contributed by atoms with Crippen molar-refractivity contribution < 1.29 is 9.59 Å². The molecule has 0 amide bonds. The van der Waals surface area contributed by atoms with Gasteiger partial charge in [-0.3, -0.25) is 9.59 Å². The molecule has 0 bridgehead atoms. The molecule has 0 N–H and O–H groups in total. The fraction of sp³-hybridized carbons (Fsp3) is 0.167. The molecule has 0 aromatic carbocycles. The van der Waals surface area contributed by atoms with Gasteiger partial charge in [0.05, 0.1) is 21.6 Å². The van der Waals surface area contributed by atoms with E-state index in [-0.39, 0.29) is 23.4 Å². The predicted molar refractivity (Wildman–Crippen MR) is 62.8 cm³/mol. The van der Waals surface area contributed by atoms with E-state index in [4.69, 9.17) is 0 Å². The summed E-state index contributed by atoms with van der Waals surface area (Å²) in [6, 6.07) is 3.86. The lowest BCUT2D eigenvalue weighted by molar-refractivity contribution is 0.0915. The van der Waals surface area contributed by atoms with Gasteiger partial charge in [-0.1, -0.05) is 0 Å². The standard InChI is InChI=1S/C12H6O2S2/c13-9-7-5-1-3-15-11(5)10(14)8(7)6-2-4-16-12(6)9/h1-4,7-8H. The molecule has 0 saturated carbocycles. The van der Waals surface area contributed by atoms with Gasteiger partial charge >= 0.3 is 0 Å². The first-order valence-corrected chi connectivity index (χ1v) is 6.78. The van der Waals surface area contributed by atoms with Crippen LogP contribution < -0.4 is 0 Å². The first kappa shape index (κ1) is 8.84. The number of thiophene rings is 2. The molecule has 2 heterocycles. The summed E-state index contributed by atoms with van der Waals surface area (Å²) in [5.74, 6) is -0.145. The van der Waals surface area contributed by atoms with Crippen molar-refractivity contribution in [1.82, 2.24) is 0 Å². The number of rotatable bonds is 0. The first-order valence-electron chi connectivity index (χ1n) is 5.02. The van der Waals surface area contributed by atoms with Crippen molar-refractivity contribution in [2.75, 3.05) is 0 Å². The maximum absolute atomic E-state index is 12.2.